The van der Waals surface area contributed by atoms with E-state index in [9.17, 15) is 9.59 Å². The van der Waals surface area contributed by atoms with Crippen LogP contribution in [0.4, 0.5) is 0 Å². The Balaban J connectivity index is 4.19. The molecule has 0 unspecified atom stereocenters. The zero-order valence-corrected chi connectivity index (χ0v) is 10.3. The average molecular weight is 244 g/mol. The summed E-state index contributed by atoms with van der Waals surface area (Å²) in [6.45, 7) is 5.76. The number of esters is 1. The molecule has 0 aromatic heterocycles. The average Bonchev–Trinajstić information content (AvgIpc) is 2.31. The molecule has 0 saturated carbocycles. The second-order valence-electron chi connectivity index (χ2n) is 3.53. The standard InChI is InChI=1S/C11H20N2O4/c1-4-6-17-7-5-9(11(15)16-3)13-10(14)8(2)12/h4,8-9H,1,5-7,12H2,2-3H3,(H,13,14)/t8-,9-/m0/s1. The van der Waals surface area contributed by atoms with E-state index in [0.29, 0.717) is 19.6 Å². The van der Waals surface area contributed by atoms with Crippen molar-refractivity contribution in [1.82, 2.24) is 5.32 Å². The maximum Gasteiger partial charge on any atom is 0.328 e. The Kier molecular flexibility index (Phi) is 8.00. The van der Waals surface area contributed by atoms with Crippen LogP contribution in [0.15, 0.2) is 12.7 Å². The quantitative estimate of drug-likeness (QED) is 0.344. The van der Waals surface area contributed by atoms with Crippen molar-refractivity contribution in [2.45, 2.75) is 25.4 Å². The topological polar surface area (TPSA) is 90.6 Å². The number of carbonyl (C=O) groups excluding carboxylic acids is 2. The molecule has 0 aliphatic heterocycles. The van der Waals surface area contributed by atoms with Crippen molar-refractivity contribution in [3.63, 3.8) is 0 Å². The molecule has 0 aromatic rings. The summed E-state index contributed by atoms with van der Waals surface area (Å²) < 4.78 is 9.72. The summed E-state index contributed by atoms with van der Waals surface area (Å²) in [4.78, 5) is 22.7. The summed E-state index contributed by atoms with van der Waals surface area (Å²) in [5.74, 6) is -0.912. The van der Waals surface area contributed by atoms with Crippen LogP contribution < -0.4 is 11.1 Å². The SMILES string of the molecule is C=CCOCC[C@H](NC(=O)[C@H](C)N)C(=O)OC. The van der Waals surface area contributed by atoms with Crippen LogP contribution in [-0.2, 0) is 19.1 Å². The van der Waals surface area contributed by atoms with Crippen LogP contribution in [0.3, 0.4) is 0 Å². The molecule has 2 atom stereocenters. The van der Waals surface area contributed by atoms with Gasteiger partial charge in [-0.25, -0.2) is 4.79 Å². The molecule has 17 heavy (non-hydrogen) atoms. The first-order valence-corrected chi connectivity index (χ1v) is 5.35. The van der Waals surface area contributed by atoms with E-state index in [1.807, 2.05) is 0 Å². The third kappa shape index (κ3) is 6.70. The number of nitrogens with one attached hydrogen (secondary N) is 1. The van der Waals surface area contributed by atoms with Crippen molar-refractivity contribution >= 4 is 11.9 Å². The van der Waals surface area contributed by atoms with E-state index < -0.39 is 24.0 Å². The molecule has 0 spiro atoms. The Morgan fingerprint density at radius 2 is 2.18 bits per heavy atom. The van der Waals surface area contributed by atoms with Crippen molar-refractivity contribution in [2.75, 3.05) is 20.3 Å². The first-order valence-electron chi connectivity index (χ1n) is 5.35. The van der Waals surface area contributed by atoms with Gasteiger partial charge in [-0.3, -0.25) is 4.79 Å². The summed E-state index contributed by atoms with van der Waals surface area (Å²) in [5, 5.41) is 2.50. The molecule has 6 heteroatoms. The highest BCUT2D eigenvalue weighted by Crippen LogP contribution is 1.97. The Hall–Kier alpha value is -1.40. The molecule has 98 valence electrons. The van der Waals surface area contributed by atoms with Gasteiger partial charge in [-0.15, -0.1) is 6.58 Å². The molecule has 0 saturated heterocycles. The summed E-state index contributed by atoms with van der Waals surface area (Å²) in [7, 11) is 1.26. The molecule has 0 rings (SSSR count). The van der Waals surface area contributed by atoms with Gasteiger partial charge in [-0.1, -0.05) is 6.08 Å². The summed E-state index contributed by atoms with van der Waals surface area (Å²) >= 11 is 0. The fourth-order valence-electron chi connectivity index (χ4n) is 1.06. The number of hydrogen-bond donors (Lipinski definition) is 2. The Labute approximate surface area is 101 Å². The maximum atomic E-state index is 11.4. The third-order valence-corrected chi connectivity index (χ3v) is 2.00. The predicted molar refractivity (Wildman–Crippen MR) is 63.2 cm³/mol. The van der Waals surface area contributed by atoms with E-state index in [1.54, 1.807) is 6.08 Å². The summed E-state index contributed by atoms with van der Waals surface area (Å²) in [6.07, 6.45) is 1.94. The van der Waals surface area contributed by atoms with Crippen LogP contribution in [0.1, 0.15) is 13.3 Å². The number of amides is 1. The van der Waals surface area contributed by atoms with Gasteiger partial charge in [0, 0.05) is 13.0 Å². The van der Waals surface area contributed by atoms with Crippen molar-refractivity contribution < 1.29 is 19.1 Å². The van der Waals surface area contributed by atoms with Gasteiger partial charge in [0.1, 0.15) is 6.04 Å². The van der Waals surface area contributed by atoms with E-state index in [2.05, 4.69) is 16.6 Å². The van der Waals surface area contributed by atoms with Gasteiger partial charge in [0.05, 0.1) is 19.8 Å². The first-order chi connectivity index (χ1) is 8.02. The molecule has 0 radical (unpaired) electrons. The highest BCUT2D eigenvalue weighted by molar-refractivity contribution is 5.87. The van der Waals surface area contributed by atoms with Crippen molar-refractivity contribution in [3.8, 4) is 0 Å². The summed E-state index contributed by atoms with van der Waals surface area (Å²) in [5.41, 5.74) is 5.39. The van der Waals surface area contributed by atoms with Gasteiger partial charge in [-0.2, -0.15) is 0 Å². The molecule has 6 nitrogen and oxygen atoms in total. The zero-order valence-electron chi connectivity index (χ0n) is 10.3. The minimum Gasteiger partial charge on any atom is -0.467 e. The zero-order chi connectivity index (χ0) is 13.3. The third-order valence-electron chi connectivity index (χ3n) is 2.00. The second-order valence-corrected chi connectivity index (χ2v) is 3.53. The molecule has 3 N–H and O–H groups in total. The normalized spacial score (nSPS) is 13.6. The number of nitrogens with two attached hydrogens (primary N) is 1. The van der Waals surface area contributed by atoms with Crippen molar-refractivity contribution in [1.29, 1.82) is 0 Å². The molecular weight excluding hydrogens is 224 g/mol. The minimum atomic E-state index is -0.733. The molecule has 0 aliphatic carbocycles. The number of ether oxygens (including phenoxy) is 2. The van der Waals surface area contributed by atoms with Gasteiger partial charge in [0.2, 0.25) is 5.91 Å². The molecular formula is C11H20N2O4. The lowest BCUT2D eigenvalue weighted by atomic mass is 10.2. The number of rotatable bonds is 8. The Bertz CT molecular complexity index is 266. The van der Waals surface area contributed by atoms with Crippen LogP contribution in [-0.4, -0.2) is 44.3 Å². The van der Waals surface area contributed by atoms with Crippen LogP contribution in [0.25, 0.3) is 0 Å². The van der Waals surface area contributed by atoms with E-state index in [0.717, 1.165) is 0 Å². The summed E-state index contributed by atoms with van der Waals surface area (Å²) in [6, 6.07) is -1.40. The van der Waals surface area contributed by atoms with Gasteiger partial charge in [-0.05, 0) is 6.92 Å². The predicted octanol–water partition coefficient (Wildman–Crippen LogP) is -0.416. The maximum absolute atomic E-state index is 11.4. The van der Waals surface area contributed by atoms with Gasteiger partial charge in [0.15, 0.2) is 0 Å². The number of methoxy groups -OCH3 is 1. The van der Waals surface area contributed by atoms with Crippen molar-refractivity contribution in [3.05, 3.63) is 12.7 Å². The highest BCUT2D eigenvalue weighted by Gasteiger charge is 2.22. The molecule has 1 amide bonds. The molecule has 0 heterocycles. The van der Waals surface area contributed by atoms with Crippen LogP contribution in [0, 0.1) is 0 Å². The van der Waals surface area contributed by atoms with E-state index >= 15 is 0 Å². The van der Waals surface area contributed by atoms with Gasteiger partial charge < -0.3 is 20.5 Å². The Morgan fingerprint density at radius 3 is 2.65 bits per heavy atom. The monoisotopic (exact) mass is 244 g/mol. The van der Waals surface area contributed by atoms with Crippen LogP contribution >= 0.6 is 0 Å². The smallest absolute Gasteiger partial charge is 0.328 e. The lowest BCUT2D eigenvalue weighted by Crippen LogP contribution is -2.48. The fourth-order valence-corrected chi connectivity index (χ4v) is 1.06. The molecule has 0 aromatic carbocycles. The lowest BCUT2D eigenvalue weighted by molar-refractivity contribution is -0.145. The lowest BCUT2D eigenvalue weighted by Gasteiger charge is -2.17. The molecule has 0 aliphatic rings. The minimum absolute atomic E-state index is 0.324. The first kappa shape index (κ1) is 15.6. The second kappa shape index (κ2) is 8.72. The van der Waals surface area contributed by atoms with Crippen molar-refractivity contribution in [2.24, 2.45) is 5.73 Å². The van der Waals surface area contributed by atoms with E-state index in [-0.39, 0.29) is 0 Å². The largest absolute Gasteiger partial charge is 0.467 e. The van der Waals surface area contributed by atoms with Crippen LogP contribution in [0.5, 0.6) is 0 Å². The number of hydrogen-bond acceptors (Lipinski definition) is 5. The highest BCUT2D eigenvalue weighted by atomic mass is 16.5. The van der Waals surface area contributed by atoms with Gasteiger partial charge >= 0.3 is 5.97 Å². The van der Waals surface area contributed by atoms with Crippen LogP contribution in [0.2, 0.25) is 0 Å². The van der Waals surface area contributed by atoms with E-state index in [1.165, 1.54) is 14.0 Å². The molecule has 0 bridgehead atoms. The number of carbonyl (C=O) groups is 2. The van der Waals surface area contributed by atoms with Gasteiger partial charge in [0.25, 0.3) is 0 Å². The molecule has 0 fully saturated rings. The van der Waals surface area contributed by atoms with E-state index in [4.69, 9.17) is 10.5 Å². The fraction of sp³-hybridized carbons (Fsp3) is 0.636. The Morgan fingerprint density at radius 1 is 1.53 bits per heavy atom.